The molecular weight excluding hydrogens is 328 g/mol. The number of guanidine groups is 1. The summed E-state index contributed by atoms with van der Waals surface area (Å²) in [5.74, 6) is 0.993. The van der Waals surface area contributed by atoms with Crippen molar-refractivity contribution >= 4 is 15.8 Å². The topological polar surface area (TPSA) is 74.2 Å². The lowest BCUT2D eigenvalue weighted by Crippen LogP contribution is -2.43. The third kappa shape index (κ3) is 6.41. The van der Waals surface area contributed by atoms with Crippen molar-refractivity contribution in [2.24, 2.45) is 4.99 Å². The van der Waals surface area contributed by atoms with Crippen LogP contribution in [0.5, 0.6) is 0 Å². The Balaban J connectivity index is 1.74. The summed E-state index contributed by atoms with van der Waals surface area (Å²) < 4.78 is 27.4. The van der Waals surface area contributed by atoms with Crippen LogP contribution in [0.15, 0.2) is 17.1 Å². The molecule has 1 fully saturated rings. The first-order valence-corrected chi connectivity index (χ1v) is 10.7. The van der Waals surface area contributed by atoms with E-state index >= 15 is 0 Å². The Bertz CT molecular complexity index is 540. The molecule has 0 aromatic carbocycles. The Hall–Kier alpha value is -1.12. The predicted molar refractivity (Wildman–Crippen MR) is 97.2 cm³/mol. The molecule has 1 N–H and O–H groups in total. The number of rotatable bonds is 8. The Kier molecular flexibility index (Phi) is 7.51. The fourth-order valence-corrected chi connectivity index (χ4v) is 3.40. The number of likely N-dealkylation sites (tertiary alicyclic amines) is 1. The molecule has 0 amide bonds. The maximum absolute atomic E-state index is 11.0. The number of sulfone groups is 1. The van der Waals surface area contributed by atoms with Crippen molar-refractivity contribution in [1.29, 1.82) is 0 Å². The first-order valence-electron chi connectivity index (χ1n) is 8.67. The zero-order chi connectivity index (χ0) is 17.4. The number of nitrogens with zero attached hydrogens (tertiary/aromatic N) is 3. The summed E-state index contributed by atoms with van der Waals surface area (Å²) in [5.41, 5.74) is 0. The Morgan fingerprint density at radius 1 is 1.33 bits per heavy atom. The van der Waals surface area contributed by atoms with Crippen molar-refractivity contribution in [3.05, 3.63) is 12.2 Å². The van der Waals surface area contributed by atoms with E-state index in [1.165, 1.54) is 6.26 Å². The molecule has 0 aromatic heterocycles. The molecule has 1 saturated heterocycles. The highest BCUT2D eigenvalue weighted by Crippen LogP contribution is 2.17. The highest BCUT2D eigenvalue weighted by Gasteiger charge is 2.29. The highest BCUT2D eigenvalue weighted by atomic mass is 32.2. The van der Waals surface area contributed by atoms with Gasteiger partial charge in [-0.1, -0.05) is 12.2 Å². The summed E-state index contributed by atoms with van der Waals surface area (Å²) in [6, 6.07) is 0.592. The van der Waals surface area contributed by atoms with Crippen LogP contribution >= 0.6 is 0 Å². The fourth-order valence-electron chi connectivity index (χ4n) is 2.98. The second-order valence-corrected chi connectivity index (χ2v) is 8.55. The second-order valence-electron chi connectivity index (χ2n) is 6.29. The van der Waals surface area contributed by atoms with Gasteiger partial charge in [0.15, 0.2) is 5.96 Å². The van der Waals surface area contributed by atoms with E-state index in [0.29, 0.717) is 19.2 Å². The van der Waals surface area contributed by atoms with Crippen molar-refractivity contribution < 1.29 is 13.2 Å². The van der Waals surface area contributed by atoms with Gasteiger partial charge in [0.25, 0.3) is 0 Å². The standard InChI is InChI=1S/C16H30N4O3S/c1-3-17-16(18-7-11-23-12-13-24(2,21)22)20-10-6-15(14-20)19-8-4-5-9-19/h4-5,15H,3,6-14H2,1-2H3,(H,17,18). The average molecular weight is 359 g/mol. The normalized spacial score (nSPS) is 22.5. The number of ether oxygens (including phenoxy) is 1. The van der Waals surface area contributed by atoms with Crippen LogP contribution < -0.4 is 5.32 Å². The maximum atomic E-state index is 11.0. The highest BCUT2D eigenvalue weighted by molar-refractivity contribution is 7.90. The molecule has 2 rings (SSSR count). The summed E-state index contributed by atoms with van der Waals surface area (Å²) in [6.07, 6.45) is 6.85. The molecule has 2 aliphatic rings. The molecular formula is C16H30N4O3S. The molecule has 138 valence electrons. The summed E-state index contributed by atoms with van der Waals surface area (Å²) in [6.45, 7) is 8.25. The van der Waals surface area contributed by atoms with Gasteiger partial charge in [0.05, 0.1) is 25.5 Å². The van der Waals surface area contributed by atoms with Gasteiger partial charge in [-0.15, -0.1) is 0 Å². The molecule has 0 saturated carbocycles. The van der Waals surface area contributed by atoms with Crippen LogP contribution in [0, 0.1) is 0 Å². The minimum atomic E-state index is -2.95. The largest absolute Gasteiger partial charge is 0.378 e. The van der Waals surface area contributed by atoms with E-state index in [1.807, 2.05) is 0 Å². The van der Waals surface area contributed by atoms with E-state index < -0.39 is 9.84 Å². The third-order valence-electron chi connectivity index (χ3n) is 4.26. The average Bonchev–Trinajstić information content (AvgIpc) is 3.18. The molecule has 7 nitrogen and oxygen atoms in total. The van der Waals surface area contributed by atoms with Crippen LogP contribution in [-0.2, 0) is 14.6 Å². The second kappa shape index (κ2) is 9.39. The van der Waals surface area contributed by atoms with Gasteiger partial charge >= 0.3 is 0 Å². The summed E-state index contributed by atoms with van der Waals surface area (Å²) >= 11 is 0. The first-order chi connectivity index (χ1) is 11.5. The number of hydrogen-bond donors (Lipinski definition) is 1. The Labute approximate surface area is 145 Å². The minimum Gasteiger partial charge on any atom is -0.378 e. The van der Waals surface area contributed by atoms with Crippen LogP contribution in [0.3, 0.4) is 0 Å². The van der Waals surface area contributed by atoms with Crippen LogP contribution in [0.4, 0.5) is 0 Å². The lowest BCUT2D eigenvalue weighted by Gasteiger charge is -2.25. The van der Waals surface area contributed by atoms with E-state index in [2.05, 4.69) is 39.2 Å². The summed E-state index contributed by atoms with van der Waals surface area (Å²) in [7, 11) is -2.95. The van der Waals surface area contributed by atoms with Crippen LogP contribution in [0.2, 0.25) is 0 Å². The van der Waals surface area contributed by atoms with Crippen molar-refractivity contribution in [3.63, 3.8) is 0 Å². The first kappa shape index (κ1) is 19.2. The van der Waals surface area contributed by atoms with E-state index in [4.69, 9.17) is 4.74 Å². The van der Waals surface area contributed by atoms with Crippen LogP contribution in [0.25, 0.3) is 0 Å². The molecule has 0 spiro atoms. The third-order valence-corrected chi connectivity index (χ3v) is 5.16. The van der Waals surface area contributed by atoms with E-state index in [-0.39, 0.29) is 12.4 Å². The van der Waals surface area contributed by atoms with Gasteiger partial charge in [0.2, 0.25) is 0 Å². The molecule has 0 radical (unpaired) electrons. The monoisotopic (exact) mass is 358 g/mol. The van der Waals surface area contributed by atoms with Gasteiger partial charge in [-0.05, 0) is 13.3 Å². The molecule has 1 unspecified atom stereocenters. The predicted octanol–water partition coefficient (Wildman–Crippen LogP) is -0.0408. The van der Waals surface area contributed by atoms with E-state index in [0.717, 1.165) is 45.1 Å². The van der Waals surface area contributed by atoms with Gasteiger partial charge in [-0.3, -0.25) is 9.89 Å². The lowest BCUT2D eigenvalue weighted by molar-refractivity contribution is 0.157. The lowest BCUT2D eigenvalue weighted by atomic mass is 10.2. The number of aliphatic imine (C=N–C) groups is 1. The van der Waals surface area contributed by atoms with Gasteiger partial charge in [-0.25, -0.2) is 8.42 Å². The molecule has 0 aliphatic carbocycles. The number of hydrogen-bond acceptors (Lipinski definition) is 5. The Morgan fingerprint density at radius 3 is 2.75 bits per heavy atom. The zero-order valence-corrected chi connectivity index (χ0v) is 15.6. The zero-order valence-electron chi connectivity index (χ0n) is 14.8. The molecule has 0 bridgehead atoms. The van der Waals surface area contributed by atoms with Crippen LogP contribution in [-0.4, -0.2) is 94.7 Å². The molecule has 24 heavy (non-hydrogen) atoms. The SMILES string of the molecule is CCNC(=NCCOCCS(C)(=O)=O)N1CCC(N2CC=CC2)C1. The maximum Gasteiger partial charge on any atom is 0.194 e. The van der Waals surface area contributed by atoms with E-state index in [1.54, 1.807) is 0 Å². The van der Waals surface area contributed by atoms with Gasteiger partial charge in [0, 0.05) is 45.0 Å². The summed E-state index contributed by atoms with van der Waals surface area (Å²) in [4.78, 5) is 9.42. The molecule has 1 atom stereocenters. The minimum absolute atomic E-state index is 0.0639. The van der Waals surface area contributed by atoms with Crippen molar-refractivity contribution in [2.45, 2.75) is 19.4 Å². The fraction of sp³-hybridized carbons (Fsp3) is 0.812. The van der Waals surface area contributed by atoms with Gasteiger partial charge in [-0.2, -0.15) is 0 Å². The molecule has 0 aromatic rings. The molecule has 8 heteroatoms. The van der Waals surface area contributed by atoms with Crippen molar-refractivity contribution in [2.75, 3.05) is 64.5 Å². The van der Waals surface area contributed by atoms with Crippen LogP contribution in [0.1, 0.15) is 13.3 Å². The van der Waals surface area contributed by atoms with E-state index in [9.17, 15) is 8.42 Å². The molecule has 2 aliphatic heterocycles. The van der Waals surface area contributed by atoms with Crippen molar-refractivity contribution in [1.82, 2.24) is 15.1 Å². The molecule has 2 heterocycles. The Morgan fingerprint density at radius 2 is 2.08 bits per heavy atom. The summed E-state index contributed by atoms with van der Waals surface area (Å²) in [5, 5.41) is 3.34. The number of nitrogens with one attached hydrogen (secondary N) is 1. The van der Waals surface area contributed by atoms with Crippen molar-refractivity contribution in [3.8, 4) is 0 Å². The van der Waals surface area contributed by atoms with Gasteiger partial charge < -0.3 is 15.0 Å². The smallest absolute Gasteiger partial charge is 0.194 e. The van der Waals surface area contributed by atoms with Gasteiger partial charge in [0.1, 0.15) is 9.84 Å². The quantitative estimate of drug-likeness (QED) is 0.284.